The molecule has 8 rings (SSSR count). The minimum Gasteiger partial charge on any atom is -0.382 e. The van der Waals surface area contributed by atoms with Gasteiger partial charge in [-0.05, 0) is 73.2 Å². The molecule has 1 aliphatic carbocycles. The average molecular weight is 784 g/mol. The zero-order valence-corrected chi connectivity index (χ0v) is 32.8. The molecule has 14 heteroatoms. The monoisotopic (exact) mass is 783 g/mol. The Labute approximate surface area is 335 Å². The molecule has 4 aromatic rings. The Morgan fingerprint density at radius 1 is 0.966 bits per heavy atom. The summed E-state index contributed by atoms with van der Waals surface area (Å²) < 4.78 is 5.72. The zero-order chi connectivity index (χ0) is 40.9. The van der Waals surface area contributed by atoms with Crippen LogP contribution in [0.25, 0.3) is 10.9 Å². The summed E-state index contributed by atoms with van der Waals surface area (Å²) in [5, 5.41) is 18.8. The minimum atomic E-state index is -1.04. The number of H-pyrrole nitrogens is 1. The van der Waals surface area contributed by atoms with Gasteiger partial charge in [0, 0.05) is 77.5 Å². The van der Waals surface area contributed by atoms with Crippen molar-refractivity contribution in [3.05, 3.63) is 93.2 Å². The van der Waals surface area contributed by atoms with Crippen LogP contribution in [0.4, 0.5) is 11.4 Å². The van der Waals surface area contributed by atoms with Gasteiger partial charge in [-0.25, -0.2) is 0 Å². The first-order valence-corrected chi connectivity index (χ1v) is 19.9. The number of carbonyl (C=O) groups excluding carboxylic acids is 6. The Morgan fingerprint density at radius 3 is 2.50 bits per heavy atom. The van der Waals surface area contributed by atoms with E-state index in [1.807, 2.05) is 6.07 Å². The number of imide groups is 2. The lowest BCUT2D eigenvalue weighted by molar-refractivity contribution is -0.136. The molecule has 4 aliphatic rings. The van der Waals surface area contributed by atoms with Crippen molar-refractivity contribution < 1.29 is 33.5 Å². The summed E-state index contributed by atoms with van der Waals surface area (Å²) in [7, 11) is 0. The number of fused-ring (bicyclic) bond motifs is 5. The average Bonchev–Trinajstić information content (AvgIpc) is 3.73. The van der Waals surface area contributed by atoms with Gasteiger partial charge in [-0.2, -0.15) is 5.26 Å². The number of hydrogen-bond acceptors (Lipinski definition) is 10. The molecule has 3 aromatic carbocycles. The fourth-order valence-corrected chi connectivity index (χ4v) is 8.91. The number of carbonyl (C=O) groups is 6. The van der Waals surface area contributed by atoms with Crippen LogP contribution in [-0.4, -0.2) is 90.1 Å². The lowest BCUT2D eigenvalue weighted by Crippen LogP contribution is -2.54. The van der Waals surface area contributed by atoms with Crippen LogP contribution in [0.15, 0.2) is 48.5 Å². The lowest BCUT2D eigenvalue weighted by Gasteiger charge is -2.38. The second kappa shape index (κ2) is 15.2. The van der Waals surface area contributed by atoms with Crippen LogP contribution in [0.3, 0.4) is 0 Å². The maximum atomic E-state index is 14.1. The number of aromatic amines is 1. The number of amides is 5. The zero-order valence-electron chi connectivity index (χ0n) is 32.8. The highest BCUT2D eigenvalue weighted by Crippen LogP contribution is 2.46. The molecular weight excluding hydrogens is 739 g/mol. The van der Waals surface area contributed by atoms with Gasteiger partial charge in [0.25, 0.3) is 11.8 Å². The Bertz CT molecular complexity index is 2450. The highest BCUT2D eigenvalue weighted by Gasteiger charge is 2.46. The summed E-state index contributed by atoms with van der Waals surface area (Å²) >= 11 is 0. The second-order valence-electron chi connectivity index (χ2n) is 15.9. The number of rotatable bonds is 11. The van der Waals surface area contributed by atoms with Gasteiger partial charge in [0.15, 0.2) is 5.78 Å². The maximum Gasteiger partial charge on any atom is 0.264 e. The first-order chi connectivity index (χ1) is 27.9. The van der Waals surface area contributed by atoms with Crippen LogP contribution in [0, 0.1) is 11.3 Å². The molecule has 14 nitrogen and oxygen atoms in total. The SMILES string of the molecule is CCc1cc2c(cc1N1CCC(NC(=O)CCOCCNc3cccc4c3C(=O)N(C3CCC(=O)NC3=O)C4=O)CC1)C(C)(C)c1[nH]c3cc(C#N)ccc3c1C2=O. The Hall–Kier alpha value is -6.33. The first kappa shape index (κ1) is 38.5. The van der Waals surface area contributed by atoms with Crippen LogP contribution < -0.4 is 20.9 Å². The Morgan fingerprint density at radius 2 is 1.76 bits per heavy atom. The second-order valence-corrected chi connectivity index (χ2v) is 15.9. The largest absolute Gasteiger partial charge is 0.382 e. The van der Waals surface area contributed by atoms with Crippen LogP contribution in [0.2, 0.25) is 0 Å². The molecule has 1 aromatic heterocycles. The molecule has 1 atom stereocenters. The van der Waals surface area contributed by atoms with E-state index in [0.717, 1.165) is 76.2 Å². The van der Waals surface area contributed by atoms with Gasteiger partial charge in [0.1, 0.15) is 6.04 Å². The normalized spacial score (nSPS) is 18.8. The maximum absolute atomic E-state index is 14.1. The topological polar surface area (TPSA) is 194 Å². The molecule has 58 heavy (non-hydrogen) atoms. The molecule has 0 spiro atoms. The van der Waals surface area contributed by atoms with E-state index in [0.29, 0.717) is 23.4 Å². The van der Waals surface area contributed by atoms with Crippen molar-refractivity contribution in [1.29, 1.82) is 5.26 Å². The molecule has 0 saturated carbocycles. The van der Waals surface area contributed by atoms with Crippen molar-refractivity contribution in [1.82, 2.24) is 20.5 Å². The van der Waals surface area contributed by atoms with E-state index in [2.05, 4.69) is 64.8 Å². The number of anilines is 2. The summed E-state index contributed by atoms with van der Waals surface area (Å²) in [5.41, 5.74) is 7.13. The van der Waals surface area contributed by atoms with Crippen LogP contribution in [-0.2, 0) is 31.0 Å². The molecule has 0 bridgehead atoms. The van der Waals surface area contributed by atoms with E-state index in [4.69, 9.17) is 4.74 Å². The molecule has 4 N–H and O–H groups in total. The third-order valence-electron chi connectivity index (χ3n) is 12.0. The van der Waals surface area contributed by atoms with Gasteiger partial charge in [-0.15, -0.1) is 0 Å². The third kappa shape index (κ3) is 6.68. The van der Waals surface area contributed by atoms with E-state index < -0.39 is 35.1 Å². The van der Waals surface area contributed by atoms with Crippen molar-refractivity contribution in [2.45, 2.75) is 76.8 Å². The van der Waals surface area contributed by atoms with E-state index in [-0.39, 0.29) is 61.3 Å². The molecule has 298 valence electrons. The summed E-state index contributed by atoms with van der Waals surface area (Å²) in [6, 6.07) is 15.7. The van der Waals surface area contributed by atoms with Crippen molar-refractivity contribution >= 4 is 57.6 Å². The molecule has 3 aliphatic heterocycles. The predicted octanol–water partition coefficient (Wildman–Crippen LogP) is 4.48. The number of ether oxygens (including phenoxy) is 1. The number of nitrogens with zero attached hydrogens (tertiary/aromatic N) is 3. The molecule has 2 fully saturated rings. The molecule has 1 unspecified atom stereocenters. The van der Waals surface area contributed by atoms with Crippen molar-refractivity contribution in [2.24, 2.45) is 0 Å². The summed E-state index contributed by atoms with van der Waals surface area (Å²) in [6.45, 7) is 8.66. The highest BCUT2D eigenvalue weighted by atomic mass is 16.5. The summed E-state index contributed by atoms with van der Waals surface area (Å²) in [6.07, 6.45) is 2.64. The number of nitrogens with one attached hydrogen (secondary N) is 4. The quantitative estimate of drug-likeness (QED) is 0.125. The van der Waals surface area contributed by atoms with Gasteiger partial charge < -0.3 is 25.3 Å². The van der Waals surface area contributed by atoms with Gasteiger partial charge in [-0.1, -0.05) is 32.9 Å². The fourth-order valence-electron chi connectivity index (χ4n) is 8.91. The van der Waals surface area contributed by atoms with Crippen molar-refractivity contribution in [3.63, 3.8) is 0 Å². The summed E-state index contributed by atoms with van der Waals surface area (Å²) in [4.78, 5) is 84.1. The standard InChI is InChI=1S/C44H45N7O7/c1-4-25-21-29-30(44(2,3)40-38(39(29)54)27-9-8-24(23-45)20-32(27)48-40)22-34(25)50-16-12-26(13-17-50)47-36(53)14-18-58-19-15-46-31-7-5-6-28-37(31)43(57)51(42(28)56)33-10-11-35(52)49-41(33)55/h5-9,20-22,26,33,46,48H,4,10-19H2,1-3H3,(H,47,53)(H,49,52,55). The number of aryl methyl sites for hydroxylation is 1. The van der Waals surface area contributed by atoms with Gasteiger partial charge >= 0.3 is 0 Å². The number of ketones is 1. The van der Waals surface area contributed by atoms with Crippen LogP contribution >= 0.6 is 0 Å². The predicted molar refractivity (Wildman–Crippen MR) is 215 cm³/mol. The van der Waals surface area contributed by atoms with Crippen LogP contribution in [0.5, 0.6) is 0 Å². The van der Waals surface area contributed by atoms with Gasteiger partial charge in [0.2, 0.25) is 17.7 Å². The Kier molecular flexibility index (Phi) is 10.1. The molecule has 5 amide bonds. The summed E-state index contributed by atoms with van der Waals surface area (Å²) in [5.74, 6) is -2.34. The van der Waals surface area contributed by atoms with E-state index in [1.54, 1.807) is 30.3 Å². The fraction of sp³-hybridized carbons (Fsp3) is 0.386. The van der Waals surface area contributed by atoms with E-state index >= 15 is 0 Å². The first-order valence-electron chi connectivity index (χ1n) is 19.9. The Balaban J connectivity index is 0.819. The van der Waals surface area contributed by atoms with E-state index in [9.17, 15) is 34.0 Å². The molecule has 4 heterocycles. The third-order valence-corrected chi connectivity index (χ3v) is 12.0. The number of hydrogen-bond donors (Lipinski definition) is 4. The molecular formula is C44H45N7O7. The van der Waals surface area contributed by atoms with Crippen LogP contribution in [0.1, 0.15) is 112 Å². The molecule has 2 saturated heterocycles. The van der Waals surface area contributed by atoms with Gasteiger partial charge in [0.05, 0.1) is 41.5 Å². The minimum absolute atomic E-state index is 0.00294. The number of benzene rings is 3. The molecule has 0 radical (unpaired) electrons. The smallest absolute Gasteiger partial charge is 0.264 e. The lowest BCUT2D eigenvalue weighted by atomic mass is 9.70. The number of nitriles is 1. The number of piperidine rings is 2. The highest BCUT2D eigenvalue weighted by molar-refractivity contribution is 6.25. The van der Waals surface area contributed by atoms with Gasteiger partial charge in [-0.3, -0.25) is 39.0 Å². The van der Waals surface area contributed by atoms with E-state index in [1.165, 1.54) is 0 Å². The van der Waals surface area contributed by atoms with Crippen molar-refractivity contribution in [2.75, 3.05) is 43.1 Å². The van der Waals surface area contributed by atoms with Crippen molar-refractivity contribution in [3.8, 4) is 6.07 Å². The number of aromatic nitrogens is 1.